The van der Waals surface area contributed by atoms with Gasteiger partial charge in [-0.1, -0.05) is 55.3 Å². The largest absolute Gasteiger partial charge is 0.416 e. The van der Waals surface area contributed by atoms with E-state index < -0.39 is 46.6 Å². The molecule has 8 nitrogen and oxygen atoms in total. The van der Waals surface area contributed by atoms with Gasteiger partial charge in [0.25, 0.3) is 17.4 Å². The van der Waals surface area contributed by atoms with E-state index in [1.165, 1.54) is 17.7 Å². The van der Waals surface area contributed by atoms with Gasteiger partial charge in [-0.3, -0.25) is 28.5 Å². The second kappa shape index (κ2) is 11.7. The summed E-state index contributed by atoms with van der Waals surface area (Å²) in [6.45, 7) is 3.54. The van der Waals surface area contributed by atoms with Crippen LogP contribution in [-0.4, -0.2) is 32.9 Å². The van der Waals surface area contributed by atoms with Crippen molar-refractivity contribution in [1.82, 2.24) is 9.55 Å². The fourth-order valence-corrected chi connectivity index (χ4v) is 7.95. The van der Waals surface area contributed by atoms with Crippen LogP contribution in [0.4, 0.5) is 18.9 Å². The average Bonchev–Trinajstić information content (AvgIpc) is 3.78. The van der Waals surface area contributed by atoms with E-state index in [1.54, 1.807) is 30.3 Å². The number of aromatic nitrogens is 2. The smallest absolute Gasteiger partial charge is 0.293 e. The zero-order valence-corrected chi connectivity index (χ0v) is 27.6. The molecule has 256 valence electrons. The third-order valence-electron chi connectivity index (χ3n) is 10.4. The zero-order chi connectivity index (χ0) is 35.9. The van der Waals surface area contributed by atoms with Gasteiger partial charge in [0.1, 0.15) is 11.7 Å². The van der Waals surface area contributed by atoms with Crippen molar-refractivity contribution in [3.05, 3.63) is 139 Å². The Morgan fingerprint density at radius 2 is 1.33 bits per heavy atom. The van der Waals surface area contributed by atoms with Crippen LogP contribution in [0.25, 0.3) is 10.9 Å². The van der Waals surface area contributed by atoms with E-state index in [1.807, 2.05) is 26.0 Å². The van der Waals surface area contributed by atoms with Crippen LogP contribution in [0.5, 0.6) is 0 Å². The van der Waals surface area contributed by atoms with Gasteiger partial charge in [-0.25, -0.2) is 9.88 Å². The number of carbonyl (C=O) groups excluding carboxylic acids is 4. The molecule has 1 saturated carbocycles. The van der Waals surface area contributed by atoms with Crippen LogP contribution in [0.3, 0.4) is 0 Å². The lowest BCUT2D eigenvalue weighted by molar-refractivity contribution is -0.137. The Morgan fingerprint density at radius 1 is 0.745 bits per heavy atom. The Labute approximate surface area is 289 Å². The third-order valence-corrected chi connectivity index (χ3v) is 10.4. The van der Waals surface area contributed by atoms with Crippen LogP contribution in [0.1, 0.15) is 113 Å². The molecule has 51 heavy (non-hydrogen) atoms. The van der Waals surface area contributed by atoms with Gasteiger partial charge in [0.15, 0.2) is 11.6 Å². The van der Waals surface area contributed by atoms with Gasteiger partial charge in [0, 0.05) is 11.1 Å². The number of rotatable bonds is 5. The van der Waals surface area contributed by atoms with Crippen LogP contribution in [0, 0.1) is 13.8 Å². The number of Topliss-reactive ketones (excluding diaryl/α,β-unsaturated/α-hetero) is 2. The van der Waals surface area contributed by atoms with E-state index in [2.05, 4.69) is 4.98 Å². The summed E-state index contributed by atoms with van der Waals surface area (Å²) in [6, 6.07) is 17.7. The van der Waals surface area contributed by atoms with Gasteiger partial charge >= 0.3 is 6.18 Å². The molecule has 0 bridgehead atoms. The first kappa shape index (κ1) is 32.5. The van der Waals surface area contributed by atoms with Crippen molar-refractivity contribution in [2.45, 2.75) is 64.1 Å². The normalized spacial score (nSPS) is 16.5. The first-order valence-electron chi connectivity index (χ1n) is 16.8. The molecule has 1 aromatic heterocycles. The van der Waals surface area contributed by atoms with Crippen LogP contribution in [0.2, 0.25) is 0 Å². The maximum atomic E-state index is 14.1. The summed E-state index contributed by atoms with van der Waals surface area (Å²) in [4.78, 5) is 75.5. The Hall–Kier alpha value is -5.71. The minimum Gasteiger partial charge on any atom is -0.293 e. The van der Waals surface area contributed by atoms with Crippen molar-refractivity contribution < 1.29 is 32.3 Å². The van der Waals surface area contributed by atoms with E-state index in [-0.39, 0.29) is 45.5 Å². The lowest BCUT2D eigenvalue weighted by Gasteiger charge is -2.22. The summed E-state index contributed by atoms with van der Waals surface area (Å²) in [6.07, 6.45) is -0.205. The van der Waals surface area contributed by atoms with Gasteiger partial charge in [0.2, 0.25) is 0 Å². The summed E-state index contributed by atoms with van der Waals surface area (Å²) < 4.78 is 41.8. The van der Waals surface area contributed by atoms with Gasteiger partial charge in [0.05, 0.1) is 39.8 Å². The molecule has 1 fully saturated rings. The maximum absolute atomic E-state index is 14.1. The number of halogens is 3. The van der Waals surface area contributed by atoms with Crippen molar-refractivity contribution in [3.63, 3.8) is 0 Å². The monoisotopic (exact) mass is 689 g/mol. The molecule has 0 radical (unpaired) electrons. The number of fused-ring (bicyclic) bond motifs is 3. The third kappa shape index (κ3) is 5.13. The van der Waals surface area contributed by atoms with Gasteiger partial charge < -0.3 is 0 Å². The molecule has 3 aliphatic rings. The minimum atomic E-state index is -4.72. The Bertz CT molecular complexity index is 2350. The number of anilines is 1. The fourth-order valence-electron chi connectivity index (χ4n) is 7.95. The number of amides is 2. The van der Waals surface area contributed by atoms with Crippen molar-refractivity contribution in [1.29, 1.82) is 0 Å². The molecule has 0 N–H and O–H groups in total. The van der Waals surface area contributed by atoms with Crippen LogP contribution < -0.4 is 10.5 Å². The predicted molar refractivity (Wildman–Crippen MR) is 183 cm³/mol. The SMILES string of the molecule is Cc1cc(C2CCCC2)cc(C)c1N1C(=O)c2cc3c(cc2C1=O)C(=O)C(c1nc2ccc(C(F)(F)F)cc2c(=O)n1Cc1ccccc1)C3=O. The highest BCUT2D eigenvalue weighted by molar-refractivity contribution is 6.37. The van der Waals surface area contributed by atoms with Crippen molar-refractivity contribution in [3.8, 4) is 0 Å². The Morgan fingerprint density at radius 3 is 1.90 bits per heavy atom. The number of ketones is 2. The van der Waals surface area contributed by atoms with Gasteiger partial charge in [-0.15, -0.1) is 0 Å². The van der Waals surface area contributed by atoms with Crippen LogP contribution in [-0.2, 0) is 12.7 Å². The highest BCUT2D eigenvalue weighted by Gasteiger charge is 2.47. The molecule has 0 unspecified atom stereocenters. The highest BCUT2D eigenvalue weighted by Crippen LogP contribution is 2.42. The molecular formula is C40H30F3N3O5. The van der Waals surface area contributed by atoms with E-state index in [0.717, 1.165) is 58.4 Å². The first-order valence-corrected chi connectivity index (χ1v) is 16.8. The summed E-state index contributed by atoms with van der Waals surface area (Å²) in [7, 11) is 0. The summed E-state index contributed by atoms with van der Waals surface area (Å²) in [5, 5.41) is -0.322. The number of benzene rings is 4. The molecule has 1 aliphatic heterocycles. The standard InChI is InChI=1S/C40H30F3N3O5/c1-20-14-24(23-10-6-7-11-23)15-21(2)33(20)46-38(50)28-17-26-27(18-29(28)39(46)51)35(48)32(34(26)47)36-44-31-13-12-25(40(41,42)43)16-30(31)37(49)45(36)19-22-8-4-3-5-9-22/h3-5,8-9,12-18,23,32H,6-7,10-11,19H2,1-2H3. The van der Waals surface area contributed by atoms with Crippen LogP contribution >= 0.6 is 0 Å². The molecule has 4 aromatic carbocycles. The number of hydrogen-bond acceptors (Lipinski definition) is 6. The topological polar surface area (TPSA) is 106 Å². The number of alkyl halides is 3. The number of imide groups is 1. The quantitative estimate of drug-likeness (QED) is 0.138. The molecule has 2 aliphatic carbocycles. The average molecular weight is 690 g/mol. The van der Waals surface area contributed by atoms with Crippen molar-refractivity contribution in [2.75, 3.05) is 4.90 Å². The molecule has 11 heteroatoms. The molecule has 2 amide bonds. The molecule has 5 aromatic rings. The summed E-state index contributed by atoms with van der Waals surface area (Å²) >= 11 is 0. The number of aryl methyl sites for hydroxylation is 2. The molecule has 2 heterocycles. The summed E-state index contributed by atoms with van der Waals surface area (Å²) in [5.74, 6) is -4.13. The lowest BCUT2D eigenvalue weighted by Crippen LogP contribution is -2.31. The zero-order valence-electron chi connectivity index (χ0n) is 27.6. The number of nitrogens with zero attached hydrogens (tertiary/aromatic N) is 3. The number of carbonyl (C=O) groups is 4. The molecule has 0 atom stereocenters. The Balaban J connectivity index is 1.20. The molecule has 0 spiro atoms. The number of hydrogen-bond donors (Lipinski definition) is 0. The van der Waals surface area contributed by atoms with E-state index in [0.29, 0.717) is 23.2 Å². The highest BCUT2D eigenvalue weighted by atomic mass is 19.4. The molecule has 0 saturated heterocycles. The van der Waals surface area contributed by atoms with E-state index in [9.17, 15) is 37.1 Å². The van der Waals surface area contributed by atoms with Crippen LogP contribution in [0.15, 0.2) is 77.6 Å². The molecular weight excluding hydrogens is 659 g/mol. The lowest BCUT2D eigenvalue weighted by atomic mass is 9.93. The summed E-state index contributed by atoms with van der Waals surface area (Å²) in [5.41, 5.74) is 1.54. The minimum absolute atomic E-state index is 0.0213. The van der Waals surface area contributed by atoms with E-state index >= 15 is 0 Å². The predicted octanol–water partition coefficient (Wildman–Crippen LogP) is 7.70. The van der Waals surface area contributed by atoms with Crippen molar-refractivity contribution >= 4 is 40.0 Å². The first-order chi connectivity index (χ1) is 24.3. The van der Waals surface area contributed by atoms with E-state index in [4.69, 9.17) is 0 Å². The van der Waals surface area contributed by atoms with Gasteiger partial charge in [-0.2, -0.15) is 13.2 Å². The maximum Gasteiger partial charge on any atom is 0.416 e. The van der Waals surface area contributed by atoms with Gasteiger partial charge in [-0.05, 0) is 85.2 Å². The fraction of sp³-hybridized carbons (Fsp3) is 0.250. The Kier molecular flexibility index (Phi) is 7.44. The molecule has 8 rings (SSSR count). The second-order valence-electron chi connectivity index (χ2n) is 13.6. The van der Waals surface area contributed by atoms with Crippen molar-refractivity contribution in [2.24, 2.45) is 0 Å². The second-order valence-corrected chi connectivity index (χ2v) is 13.6.